The molecule has 0 aliphatic heterocycles. The number of rotatable bonds is 2. The number of amides is 1. The smallest absolute Gasteiger partial charge is 0.343 e. The Hall–Kier alpha value is -0.740. The summed E-state index contributed by atoms with van der Waals surface area (Å²) in [6, 6.07) is 0. The van der Waals surface area contributed by atoms with Gasteiger partial charge in [0.1, 0.15) is 0 Å². The highest BCUT2D eigenvalue weighted by Crippen LogP contribution is 2.27. The van der Waals surface area contributed by atoms with Crippen LogP contribution in [0.3, 0.4) is 0 Å². The van der Waals surface area contributed by atoms with Crippen LogP contribution in [-0.4, -0.2) is 17.6 Å². The molecule has 0 radical (unpaired) electrons. The monoisotopic (exact) mass is 225 g/mol. The summed E-state index contributed by atoms with van der Waals surface area (Å²) in [7, 11) is 0. The van der Waals surface area contributed by atoms with Crippen LogP contribution in [0.4, 0.5) is 13.2 Å². The zero-order chi connectivity index (χ0) is 12.5. The van der Waals surface area contributed by atoms with Gasteiger partial charge in [0.2, 0.25) is 0 Å². The minimum Gasteiger partial charge on any atom is -0.343 e. The Kier molecular flexibility index (Phi) is 3.82. The van der Waals surface area contributed by atoms with Crippen molar-refractivity contribution in [3.05, 3.63) is 0 Å². The number of carbonyl (C=O) groups excluding carboxylic acids is 1. The van der Waals surface area contributed by atoms with Gasteiger partial charge in [0, 0.05) is 5.54 Å². The molecule has 5 heteroatoms. The van der Waals surface area contributed by atoms with Crippen LogP contribution < -0.4 is 5.32 Å². The van der Waals surface area contributed by atoms with Gasteiger partial charge in [0.25, 0.3) is 0 Å². The molecule has 1 amide bonds. The molecule has 0 aromatic heterocycles. The topological polar surface area (TPSA) is 29.1 Å². The minimum absolute atomic E-state index is 0.137. The maximum Gasteiger partial charge on any atom is 0.471 e. The lowest BCUT2D eigenvalue weighted by Crippen LogP contribution is -2.50. The standard InChI is InChI=1S/C10H18F3NO/c1-8(2,3)6-9(4,5)14-7(15)10(11,12)13/h6H2,1-5H3,(H,14,15). The lowest BCUT2D eigenvalue weighted by atomic mass is 9.82. The molecule has 1 N–H and O–H groups in total. The largest absolute Gasteiger partial charge is 0.471 e. The Labute approximate surface area is 88.2 Å². The van der Waals surface area contributed by atoms with Crippen LogP contribution in [-0.2, 0) is 4.79 Å². The van der Waals surface area contributed by atoms with Crippen molar-refractivity contribution in [1.82, 2.24) is 5.32 Å². The van der Waals surface area contributed by atoms with E-state index in [-0.39, 0.29) is 5.41 Å². The predicted molar refractivity (Wildman–Crippen MR) is 52.3 cm³/mol. The van der Waals surface area contributed by atoms with E-state index in [9.17, 15) is 18.0 Å². The third-order valence-electron chi connectivity index (χ3n) is 1.68. The van der Waals surface area contributed by atoms with E-state index in [1.54, 1.807) is 13.8 Å². The second kappa shape index (κ2) is 4.02. The van der Waals surface area contributed by atoms with Gasteiger partial charge in [-0.1, -0.05) is 20.8 Å². The second-order valence-electron chi connectivity index (χ2n) is 5.57. The summed E-state index contributed by atoms with van der Waals surface area (Å²) >= 11 is 0. The van der Waals surface area contributed by atoms with E-state index in [0.29, 0.717) is 6.42 Å². The fourth-order valence-corrected chi connectivity index (χ4v) is 1.75. The summed E-state index contributed by atoms with van der Waals surface area (Å²) in [5.41, 5.74) is -0.993. The SMILES string of the molecule is CC(C)(C)CC(C)(C)NC(=O)C(F)(F)F. The van der Waals surface area contributed by atoms with Crippen molar-refractivity contribution >= 4 is 5.91 Å². The normalized spacial score (nSPS) is 13.9. The Morgan fingerprint density at radius 3 is 1.73 bits per heavy atom. The van der Waals surface area contributed by atoms with Crippen LogP contribution in [0, 0.1) is 5.41 Å². The van der Waals surface area contributed by atoms with E-state index in [1.807, 2.05) is 26.1 Å². The van der Waals surface area contributed by atoms with E-state index in [0.717, 1.165) is 0 Å². The lowest BCUT2D eigenvalue weighted by molar-refractivity contribution is -0.175. The maximum atomic E-state index is 12.0. The van der Waals surface area contributed by atoms with Crippen LogP contribution in [0.5, 0.6) is 0 Å². The number of hydrogen-bond acceptors (Lipinski definition) is 1. The molecule has 0 saturated carbocycles. The summed E-state index contributed by atoms with van der Waals surface area (Å²) < 4.78 is 36.0. The van der Waals surface area contributed by atoms with Gasteiger partial charge in [-0.25, -0.2) is 0 Å². The molecule has 90 valence electrons. The van der Waals surface area contributed by atoms with Gasteiger partial charge in [0.05, 0.1) is 0 Å². The highest BCUT2D eigenvalue weighted by molar-refractivity contribution is 5.82. The second-order valence-corrected chi connectivity index (χ2v) is 5.57. The van der Waals surface area contributed by atoms with Gasteiger partial charge in [-0.2, -0.15) is 13.2 Å². The zero-order valence-electron chi connectivity index (χ0n) is 9.75. The summed E-state index contributed by atoms with van der Waals surface area (Å²) in [5, 5.41) is 1.99. The predicted octanol–water partition coefficient (Wildman–Crippen LogP) is 2.88. The third kappa shape index (κ3) is 6.36. The number of nitrogens with one attached hydrogen (secondary N) is 1. The first-order valence-electron chi connectivity index (χ1n) is 4.73. The van der Waals surface area contributed by atoms with Crippen molar-refractivity contribution in [3.8, 4) is 0 Å². The van der Waals surface area contributed by atoms with E-state index in [2.05, 4.69) is 0 Å². The first kappa shape index (κ1) is 14.3. The van der Waals surface area contributed by atoms with Crippen molar-refractivity contribution in [1.29, 1.82) is 0 Å². The van der Waals surface area contributed by atoms with Crippen molar-refractivity contribution < 1.29 is 18.0 Å². The first-order chi connectivity index (χ1) is 6.33. The van der Waals surface area contributed by atoms with Gasteiger partial charge in [-0.15, -0.1) is 0 Å². The maximum absolute atomic E-state index is 12.0. The number of hydrogen-bond donors (Lipinski definition) is 1. The van der Waals surface area contributed by atoms with Crippen LogP contribution in [0.15, 0.2) is 0 Å². The van der Waals surface area contributed by atoms with E-state index >= 15 is 0 Å². The number of carbonyl (C=O) groups is 1. The summed E-state index contributed by atoms with van der Waals surface area (Å²) in [6.45, 7) is 8.90. The molecule has 15 heavy (non-hydrogen) atoms. The van der Waals surface area contributed by atoms with Crippen LogP contribution in [0.2, 0.25) is 0 Å². The average molecular weight is 225 g/mol. The molecule has 0 spiro atoms. The van der Waals surface area contributed by atoms with Crippen LogP contribution >= 0.6 is 0 Å². The first-order valence-corrected chi connectivity index (χ1v) is 4.73. The number of alkyl halides is 3. The van der Waals surface area contributed by atoms with Gasteiger partial charge >= 0.3 is 12.1 Å². The fourth-order valence-electron chi connectivity index (χ4n) is 1.75. The molecule has 0 fully saturated rings. The van der Waals surface area contributed by atoms with E-state index < -0.39 is 17.6 Å². The summed E-state index contributed by atoms with van der Waals surface area (Å²) in [5.74, 6) is -1.88. The van der Waals surface area contributed by atoms with E-state index in [4.69, 9.17) is 0 Å². The van der Waals surface area contributed by atoms with Crippen molar-refractivity contribution in [2.75, 3.05) is 0 Å². The zero-order valence-corrected chi connectivity index (χ0v) is 9.75. The molecule has 0 rings (SSSR count). The molecule has 2 nitrogen and oxygen atoms in total. The molecule has 0 bridgehead atoms. The molecule has 0 atom stereocenters. The van der Waals surface area contributed by atoms with Crippen molar-refractivity contribution in [2.45, 2.75) is 52.8 Å². The Morgan fingerprint density at radius 2 is 1.47 bits per heavy atom. The van der Waals surface area contributed by atoms with Gasteiger partial charge in [-0.3, -0.25) is 4.79 Å². The molecule has 0 aliphatic carbocycles. The Balaban J connectivity index is 4.46. The van der Waals surface area contributed by atoms with Crippen molar-refractivity contribution in [3.63, 3.8) is 0 Å². The average Bonchev–Trinajstić information content (AvgIpc) is 1.76. The minimum atomic E-state index is -4.81. The molecule has 0 aromatic rings. The van der Waals surface area contributed by atoms with Gasteiger partial charge < -0.3 is 5.32 Å². The van der Waals surface area contributed by atoms with Gasteiger partial charge in [0.15, 0.2) is 0 Å². The molecular formula is C10H18F3NO. The molecule has 0 saturated heterocycles. The summed E-state index contributed by atoms with van der Waals surface area (Å²) in [6.07, 6.45) is -4.34. The van der Waals surface area contributed by atoms with Gasteiger partial charge in [-0.05, 0) is 25.7 Å². The fraction of sp³-hybridized carbons (Fsp3) is 0.900. The van der Waals surface area contributed by atoms with Crippen molar-refractivity contribution in [2.24, 2.45) is 5.41 Å². The van der Waals surface area contributed by atoms with Crippen LogP contribution in [0.25, 0.3) is 0 Å². The highest BCUT2D eigenvalue weighted by atomic mass is 19.4. The molecule has 0 unspecified atom stereocenters. The quantitative estimate of drug-likeness (QED) is 0.769. The van der Waals surface area contributed by atoms with Crippen LogP contribution in [0.1, 0.15) is 41.0 Å². The molecule has 0 aromatic carbocycles. The number of halogens is 3. The van der Waals surface area contributed by atoms with E-state index in [1.165, 1.54) is 0 Å². The Morgan fingerprint density at radius 1 is 1.07 bits per heavy atom. The third-order valence-corrected chi connectivity index (χ3v) is 1.68. The Bertz CT molecular complexity index is 238. The summed E-state index contributed by atoms with van der Waals surface area (Å²) in [4.78, 5) is 10.7. The molecular weight excluding hydrogens is 207 g/mol. The molecule has 0 aliphatic rings. The molecule has 0 heterocycles. The lowest BCUT2D eigenvalue weighted by Gasteiger charge is -2.33. The highest BCUT2D eigenvalue weighted by Gasteiger charge is 2.41.